The summed E-state index contributed by atoms with van der Waals surface area (Å²) in [5, 5.41) is 5.98. The van der Waals surface area contributed by atoms with E-state index in [4.69, 9.17) is 0 Å². The summed E-state index contributed by atoms with van der Waals surface area (Å²) in [7, 11) is 3.31. The summed E-state index contributed by atoms with van der Waals surface area (Å²) in [6.07, 6.45) is 0.273. The van der Waals surface area contributed by atoms with Gasteiger partial charge in [-0.05, 0) is 19.1 Å². The van der Waals surface area contributed by atoms with Gasteiger partial charge in [-0.1, -0.05) is 0 Å². The fraction of sp³-hybridized carbons (Fsp3) is 0.529. The molecule has 1 atom stereocenters. The minimum atomic E-state index is -0.269. The lowest BCUT2D eigenvalue weighted by Crippen LogP contribution is -2.51. The number of hydrogen-bond donors (Lipinski definition) is 2. The van der Waals surface area contributed by atoms with Crippen LogP contribution in [-0.4, -0.2) is 56.5 Å². The first-order valence-corrected chi connectivity index (χ1v) is 8.70. The lowest BCUT2D eigenvalue weighted by Gasteiger charge is -2.31. The molecule has 0 saturated carbocycles. The van der Waals surface area contributed by atoms with Gasteiger partial charge in [0.25, 0.3) is 0 Å². The third kappa shape index (κ3) is 3.62. The lowest BCUT2D eigenvalue weighted by atomic mass is 10.2. The molecule has 140 valence electrons. The first-order chi connectivity index (χ1) is 12.4. The molecule has 2 amide bonds. The van der Waals surface area contributed by atoms with Gasteiger partial charge >= 0.3 is 5.69 Å². The highest BCUT2D eigenvalue weighted by Gasteiger charge is 2.21. The Hall–Kier alpha value is -2.68. The van der Waals surface area contributed by atoms with Crippen LogP contribution in [0.3, 0.4) is 0 Å². The zero-order chi connectivity index (χ0) is 18.8. The van der Waals surface area contributed by atoms with Crippen LogP contribution in [0.1, 0.15) is 19.8 Å². The van der Waals surface area contributed by atoms with Crippen LogP contribution in [0, 0.1) is 0 Å². The molecule has 2 N–H and O–H groups in total. The normalized spacial score (nSPS) is 17.5. The molecule has 1 saturated heterocycles. The first-order valence-electron chi connectivity index (χ1n) is 8.70. The zero-order valence-electron chi connectivity index (χ0n) is 15.3. The Morgan fingerprint density at radius 1 is 1.27 bits per heavy atom. The monoisotopic (exact) mass is 360 g/mol. The highest BCUT2D eigenvalue weighted by molar-refractivity contribution is 5.93. The first kappa shape index (κ1) is 18.1. The average Bonchev–Trinajstić information content (AvgIpc) is 2.84. The molecule has 0 bridgehead atoms. The number of piperazine rings is 1. The van der Waals surface area contributed by atoms with Gasteiger partial charge in [0.15, 0.2) is 5.65 Å². The molecule has 1 aliphatic rings. The molecule has 1 aliphatic heterocycles. The lowest BCUT2D eigenvalue weighted by molar-refractivity contribution is -0.133. The van der Waals surface area contributed by atoms with Crippen molar-refractivity contribution in [3.05, 3.63) is 22.6 Å². The number of pyridine rings is 1. The summed E-state index contributed by atoms with van der Waals surface area (Å²) in [4.78, 5) is 42.4. The summed E-state index contributed by atoms with van der Waals surface area (Å²) in [5.74, 6) is 0.0867. The van der Waals surface area contributed by atoms with E-state index in [-0.39, 0.29) is 36.4 Å². The van der Waals surface area contributed by atoms with Crippen molar-refractivity contribution < 1.29 is 9.59 Å². The Morgan fingerprint density at radius 2 is 2.04 bits per heavy atom. The molecule has 26 heavy (non-hydrogen) atoms. The number of nitrogens with one attached hydrogen (secondary N) is 2. The van der Waals surface area contributed by atoms with Crippen molar-refractivity contribution in [2.24, 2.45) is 14.1 Å². The molecule has 3 heterocycles. The van der Waals surface area contributed by atoms with Crippen LogP contribution in [0.25, 0.3) is 11.2 Å². The van der Waals surface area contributed by atoms with Crippen molar-refractivity contribution in [2.75, 3.05) is 25.0 Å². The molecular formula is C17H24N6O3. The average molecular weight is 360 g/mol. The molecule has 2 aromatic heterocycles. The molecule has 0 aliphatic carbocycles. The van der Waals surface area contributed by atoms with Crippen LogP contribution < -0.4 is 16.3 Å². The summed E-state index contributed by atoms with van der Waals surface area (Å²) in [6.45, 7) is 4.15. The van der Waals surface area contributed by atoms with Gasteiger partial charge in [0.05, 0.1) is 5.52 Å². The maximum Gasteiger partial charge on any atom is 0.329 e. The summed E-state index contributed by atoms with van der Waals surface area (Å²) in [6, 6.07) is 3.67. The van der Waals surface area contributed by atoms with E-state index in [2.05, 4.69) is 15.6 Å². The quantitative estimate of drug-likeness (QED) is 0.787. The Morgan fingerprint density at radius 3 is 2.77 bits per heavy atom. The van der Waals surface area contributed by atoms with Gasteiger partial charge < -0.3 is 15.5 Å². The third-order valence-electron chi connectivity index (χ3n) is 4.66. The highest BCUT2D eigenvalue weighted by Crippen LogP contribution is 2.13. The van der Waals surface area contributed by atoms with Crippen molar-refractivity contribution in [1.29, 1.82) is 0 Å². The molecule has 0 spiro atoms. The number of fused-ring (bicyclic) bond motifs is 1. The Balaban J connectivity index is 1.59. The highest BCUT2D eigenvalue weighted by atomic mass is 16.2. The Labute approximate surface area is 151 Å². The van der Waals surface area contributed by atoms with Crippen LogP contribution in [0.15, 0.2) is 16.9 Å². The molecule has 9 heteroatoms. The minimum absolute atomic E-state index is 0.0117. The molecule has 9 nitrogen and oxygen atoms in total. The van der Waals surface area contributed by atoms with Gasteiger partial charge in [0.1, 0.15) is 5.82 Å². The van der Waals surface area contributed by atoms with Crippen molar-refractivity contribution in [3.8, 4) is 0 Å². The second kappa shape index (κ2) is 7.28. The van der Waals surface area contributed by atoms with E-state index >= 15 is 0 Å². The smallest absolute Gasteiger partial charge is 0.329 e. The number of rotatable bonds is 4. The van der Waals surface area contributed by atoms with Crippen LogP contribution in [0.5, 0.6) is 0 Å². The number of nitrogens with zero attached hydrogens (tertiary/aromatic N) is 4. The standard InChI is InChI=1S/C17H24N6O3/c1-11-10-23(9-8-18-11)15(25)7-6-14(24)19-13-5-4-12-16(20-13)22(3)17(26)21(12)2/h4-5,11,18H,6-10H2,1-3H3,(H,19,20,24)/t11-/m1/s1. The Kier molecular flexibility index (Phi) is 5.08. The fourth-order valence-electron chi connectivity index (χ4n) is 3.18. The van der Waals surface area contributed by atoms with Crippen molar-refractivity contribution in [1.82, 2.24) is 24.3 Å². The van der Waals surface area contributed by atoms with Crippen LogP contribution in [0.4, 0.5) is 5.82 Å². The van der Waals surface area contributed by atoms with E-state index in [0.29, 0.717) is 30.1 Å². The van der Waals surface area contributed by atoms with E-state index in [9.17, 15) is 14.4 Å². The number of hydrogen-bond acceptors (Lipinski definition) is 5. The molecule has 0 aromatic carbocycles. The predicted octanol–water partition coefficient (Wildman–Crippen LogP) is -0.189. The van der Waals surface area contributed by atoms with Crippen molar-refractivity contribution >= 4 is 28.8 Å². The second-order valence-electron chi connectivity index (χ2n) is 6.68. The van der Waals surface area contributed by atoms with Crippen LogP contribution in [-0.2, 0) is 23.7 Å². The Bertz CT molecular complexity index is 900. The van der Waals surface area contributed by atoms with Gasteiger partial charge in [-0.2, -0.15) is 0 Å². The number of amides is 2. The van der Waals surface area contributed by atoms with E-state index in [1.165, 1.54) is 9.13 Å². The summed E-state index contributed by atoms with van der Waals surface area (Å²) >= 11 is 0. The number of aromatic nitrogens is 3. The molecule has 0 unspecified atom stereocenters. The van der Waals surface area contributed by atoms with E-state index in [1.807, 2.05) is 6.92 Å². The topological polar surface area (TPSA) is 101 Å². The fourth-order valence-corrected chi connectivity index (χ4v) is 3.18. The molecule has 2 aromatic rings. The number of imidazole rings is 1. The van der Waals surface area contributed by atoms with Crippen molar-refractivity contribution in [3.63, 3.8) is 0 Å². The number of carbonyl (C=O) groups excluding carboxylic acids is 2. The van der Waals surface area contributed by atoms with E-state index in [1.54, 1.807) is 31.1 Å². The summed E-state index contributed by atoms with van der Waals surface area (Å²) in [5.41, 5.74) is 1.02. The summed E-state index contributed by atoms with van der Waals surface area (Å²) < 4.78 is 2.93. The molecule has 0 radical (unpaired) electrons. The second-order valence-corrected chi connectivity index (χ2v) is 6.68. The van der Waals surface area contributed by atoms with Crippen molar-refractivity contribution in [2.45, 2.75) is 25.8 Å². The van der Waals surface area contributed by atoms with Crippen LogP contribution >= 0.6 is 0 Å². The van der Waals surface area contributed by atoms with Gasteiger partial charge in [-0.15, -0.1) is 0 Å². The van der Waals surface area contributed by atoms with Gasteiger partial charge in [-0.25, -0.2) is 9.78 Å². The third-order valence-corrected chi connectivity index (χ3v) is 4.66. The largest absolute Gasteiger partial charge is 0.340 e. The maximum absolute atomic E-state index is 12.2. The van der Waals surface area contributed by atoms with Gasteiger partial charge in [0, 0.05) is 52.6 Å². The number of anilines is 1. The molecule has 3 rings (SSSR count). The number of aryl methyl sites for hydroxylation is 2. The van der Waals surface area contributed by atoms with E-state index in [0.717, 1.165) is 6.54 Å². The molecular weight excluding hydrogens is 336 g/mol. The molecule has 1 fully saturated rings. The predicted molar refractivity (Wildman–Crippen MR) is 97.9 cm³/mol. The SMILES string of the molecule is C[C@@H]1CN(C(=O)CCC(=O)Nc2ccc3c(n2)n(C)c(=O)n3C)CCN1. The number of carbonyl (C=O) groups is 2. The minimum Gasteiger partial charge on any atom is -0.340 e. The zero-order valence-corrected chi connectivity index (χ0v) is 15.3. The van der Waals surface area contributed by atoms with Gasteiger partial charge in [0.2, 0.25) is 11.8 Å². The maximum atomic E-state index is 12.2. The van der Waals surface area contributed by atoms with Crippen LogP contribution in [0.2, 0.25) is 0 Å². The van der Waals surface area contributed by atoms with E-state index < -0.39 is 0 Å². The van der Waals surface area contributed by atoms with Gasteiger partial charge in [-0.3, -0.25) is 18.7 Å².